The lowest BCUT2D eigenvalue weighted by Gasteiger charge is -2.15. The molecule has 0 radical (unpaired) electrons. The summed E-state index contributed by atoms with van der Waals surface area (Å²) in [5, 5.41) is 2.01. The van der Waals surface area contributed by atoms with Gasteiger partial charge in [0.2, 0.25) is 5.69 Å². The maximum atomic E-state index is 8.91. The zero-order valence-electron chi connectivity index (χ0n) is 25.2. The van der Waals surface area contributed by atoms with Gasteiger partial charge in [-0.3, -0.25) is 0 Å². The summed E-state index contributed by atoms with van der Waals surface area (Å²) in [6.45, 7) is 5.44. The summed E-state index contributed by atoms with van der Waals surface area (Å²) in [4.78, 5) is 2.06. The van der Waals surface area contributed by atoms with E-state index in [-0.39, 0.29) is 0 Å². The molecule has 0 saturated heterocycles. The molecule has 0 N–H and O–H groups in total. The van der Waals surface area contributed by atoms with Crippen LogP contribution in [0.5, 0.6) is 0 Å². The van der Waals surface area contributed by atoms with Gasteiger partial charge in [-0.15, -0.1) is 0 Å². The first-order valence-electron chi connectivity index (χ1n) is 14.0. The van der Waals surface area contributed by atoms with Crippen LogP contribution in [-0.4, -0.2) is 14.1 Å². The number of hydrogen-bond acceptors (Lipinski definition) is 2. The zero-order chi connectivity index (χ0) is 28.1. The molecule has 2 heterocycles. The molecule has 5 aromatic rings. The van der Waals surface area contributed by atoms with Gasteiger partial charge in [-0.05, 0) is 65.5 Å². The highest BCUT2D eigenvalue weighted by Crippen LogP contribution is 2.44. The Morgan fingerprint density at radius 3 is 2.49 bits per heavy atom. The van der Waals surface area contributed by atoms with Gasteiger partial charge >= 0.3 is 0 Å². The van der Waals surface area contributed by atoms with Crippen molar-refractivity contribution in [3.8, 4) is 22.4 Å². The SMILES string of the molecule is [2H]C1([2H])c2ccc(-c3cc(N(C)C)cc4c3oc3c(-c5cccc[n+]5C)c(C)ccc34)cc2C([2H])([2H])C1(C)C. The number of aryl methyl sites for hydroxylation is 2. The second kappa shape index (κ2) is 7.71. The van der Waals surface area contributed by atoms with E-state index in [1.807, 2.05) is 51.6 Å². The minimum Gasteiger partial charge on any atom is -0.454 e. The molecule has 0 spiro atoms. The molecule has 0 fully saturated rings. The largest absolute Gasteiger partial charge is 0.454 e. The molecule has 0 unspecified atom stereocenters. The topological polar surface area (TPSA) is 20.3 Å². The third-order valence-corrected chi connectivity index (χ3v) is 6.99. The molecular weight excluding hydrogens is 428 g/mol. The lowest BCUT2D eigenvalue weighted by Crippen LogP contribution is -2.30. The van der Waals surface area contributed by atoms with E-state index in [9.17, 15) is 0 Å². The minimum atomic E-state index is -1.83. The maximum absolute atomic E-state index is 8.91. The molecule has 0 saturated carbocycles. The number of furan rings is 1. The summed E-state index contributed by atoms with van der Waals surface area (Å²) >= 11 is 0. The third kappa shape index (κ3) is 3.53. The Morgan fingerprint density at radius 2 is 1.71 bits per heavy atom. The fourth-order valence-corrected chi connectivity index (χ4v) is 5.23. The Labute approximate surface area is 213 Å². The number of anilines is 1. The third-order valence-electron chi connectivity index (χ3n) is 6.99. The molecule has 6 rings (SSSR count). The first-order chi connectivity index (χ1) is 18.3. The zero-order valence-corrected chi connectivity index (χ0v) is 21.2. The van der Waals surface area contributed by atoms with E-state index in [2.05, 4.69) is 46.7 Å². The van der Waals surface area contributed by atoms with Crippen molar-refractivity contribution in [1.29, 1.82) is 0 Å². The highest BCUT2D eigenvalue weighted by atomic mass is 16.3. The number of fused-ring (bicyclic) bond motifs is 4. The van der Waals surface area contributed by atoms with E-state index >= 15 is 0 Å². The van der Waals surface area contributed by atoms with E-state index < -0.39 is 18.2 Å². The summed E-state index contributed by atoms with van der Waals surface area (Å²) in [7, 11) is 6.04. The highest BCUT2D eigenvalue weighted by molar-refractivity contribution is 6.14. The van der Waals surface area contributed by atoms with Crippen molar-refractivity contribution < 1.29 is 14.5 Å². The van der Waals surface area contributed by atoms with Gasteiger partial charge in [-0.25, -0.2) is 4.57 Å². The van der Waals surface area contributed by atoms with Crippen LogP contribution in [0, 0.1) is 12.3 Å². The maximum Gasteiger partial charge on any atom is 0.216 e. The van der Waals surface area contributed by atoms with Gasteiger partial charge in [-0.2, -0.15) is 0 Å². The van der Waals surface area contributed by atoms with Crippen molar-refractivity contribution in [2.24, 2.45) is 12.5 Å². The average Bonchev–Trinajstić information content (AvgIpc) is 3.30. The smallest absolute Gasteiger partial charge is 0.216 e. The van der Waals surface area contributed by atoms with Crippen LogP contribution in [0.25, 0.3) is 44.3 Å². The Morgan fingerprint density at radius 1 is 0.914 bits per heavy atom. The fraction of sp³-hybridized carbons (Fsp3) is 0.281. The Bertz CT molecular complexity index is 1800. The van der Waals surface area contributed by atoms with Crippen LogP contribution >= 0.6 is 0 Å². The predicted octanol–water partition coefficient (Wildman–Crippen LogP) is 7.24. The van der Waals surface area contributed by atoms with E-state index in [4.69, 9.17) is 9.90 Å². The summed E-state index contributed by atoms with van der Waals surface area (Å²) in [5.41, 5.74) is 7.06. The van der Waals surface area contributed by atoms with E-state index in [1.165, 1.54) is 0 Å². The molecule has 0 amide bonds. The standard InChI is InChI=1S/C32H33N2O/c1-20-10-13-25-27-17-24(33(4)5)16-26(21-11-12-22-18-32(2,3)19-23(22)15-21)30(27)35-31(25)29(20)28-9-7-8-14-34(28)6/h7-17H,18-19H2,1-6H3/q+1/i18D2,19D2. The van der Waals surface area contributed by atoms with Crippen molar-refractivity contribution in [2.45, 2.75) is 33.5 Å². The first-order valence-corrected chi connectivity index (χ1v) is 12.0. The van der Waals surface area contributed by atoms with Crippen molar-refractivity contribution in [2.75, 3.05) is 19.0 Å². The molecule has 2 aromatic heterocycles. The molecule has 0 bridgehead atoms. The van der Waals surface area contributed by atoms with Gasteiger partial charge in [0.05, 0.1) is 5.56 Å². The predicted molar refractivity (Wildman–Crippen MR) is 146 cm³/mol. The van der Waals surface area contributed by atoms with Crippen LogP contribution in [0.15, 0.2) is 71.3 Å². The molecule has 176 valence electrons. The van der Waals surface area contributed by atoms with Crippen molar-refractivity contribution in [3.05, 3.63) is 83.6 Å². The molecule has 3 nitrogen and oxygen atoms in total. The van der Waals surface area contributed by atoms with E-state index in [1.54, 1.807) is 19.9 Å². The Balaban J connectivity index is 1.68. The second-order valence-corrected chi connectivity index (χ2v) is 10.3. The summed E-state index contributed by atoms with van der Waals surface area (Å²) in [5.74, 6) is 0. The van der Waals surface area contributed by atoms with Crippen LogP contribution in [-0.2, 0) is 19.8 Å². The summed E-state index contributed by atoms with van der Waals surface area (Å²) in [6, 6.07) is 20.1. The number of nitrogens with zero attached hydrogens (tertiary/aromatic N) is 2. The van der Waals surface area contributed by atoms with Crippen molar-refractivity contribution >= 4 is 27.6 Å². The molecular formula is C32H33N2O+. The molecule has 0 atom stereocenters. The minimum absolute atomic E-state index is 0.405. The van der Waals surface area contributed by atoms with Gasteiger partial charge in [0, 0.05) is 53.7 Å². The molecule has 3 heteroatoms. The van der Waals surface area contributed by atoms with Gasteiger partial charge in [-0.1, -0.05) is 44.2 Å². The molecule has 0 aliphatic heterocycles. The van der Waals surface area contributed by atoms with Gasteiger partial charge in [0.1, 0.15) is 18.2 Å². The average molecular weight is 466 g/mol. The molecule has 1 aliphatic carbocycles. The Kier molecular flexibility index (Phi) is 3.92. The lowest BCUT2D eigenvalue weighted by atomic mass is 9.90. The fourth-order valence-electron chi connectivity index (χ4n) is 5.23. The summed E-state index contributed by atoms with van der Waals surface area (Å²) in [6.07, 6.45) is -1.59. The number of rotatable bonds is 3. The highest BCUT2D eigenvalue weighted by Gasteiger charge is 2.29. The van der Waals surface area contributed by atoms with E-state index in [0.29, 0.717) is 11.1 Å². The van der Waals surface area contributed by atoms with Crippen molar-refractivity contribution in [1.82, 2.24) is 0 Å². The number of hydrogen-bond donors (Lipinski definition) is 0. The number of benzene rings is 3. The molecule has 35 heavy (non-hydrogen) atoms. The van der Waals surface area contributed by atoms with Gasteiger partial charge < -0.3 is 9.32 Å². The van der Waals surface area contributed by atoms with Gasteiger partial charge in [0.15, 0.2) is 6.20 Å². The lowest BCUT2D eigenvalue weighted by molar-refractivity contribution is -0.660. The van der Waals surface area contributed by atoms with Gasteiger partial charge in [0.25, 0.3) is 0 Å². The molecule has 1 aliphatic rings. The normalized spacial score (nSPS) is 19.1. The van der Waals surface area contributed by atoms with Crippen molar-refractivity contribution in [3.63, 3.8) is 0 Å². The van der Waals surface area contributed by atoms with Crippen LogP contribution < -0.4 is 9.47 Å². The van der Waals surface area contributed by atoms with E-state index in [0.717, 1.165) is 55.6 Å². The second-order valence-electron chi connectivity index (χ2n) is 10.3. The number of pyridine rings is 1. The monoisotopic (exact) mass is 465 g/mol. The van der Waals surface area contributed by atoms with Crippen LogP contribution in [0.2, 0.25) is 0 Å². The quantitative estimate of drug-likeness (QED) is 0.262. The Hall–Kier alpha value is -3.59. The van der Waals surface area contributed by atoms with Crippen LogP contribution in [0.4, 0.5) is 5.69 Å². The van der Waals surface area contributed by atoms with Crippen LogP contribution in [0.3, 0.4) is 0 Å². The van der Waals surface area contributed by atoms with Crippen LogP contribution in [0.1, 0.15) is 36.0 Å². The number of aromatic nitrogens is 1. The first kappa shape index (κ1) is 17.8. The summed E-state index contributed by atoms with van der Waals surface area (Å²) < 4.78 is 44.1. The molecule has 3 aromatic carbocycles.